The average Bonchev–Trinajstić information content (AvgIpc) is 2.81. The quantitative estimate of drug-likeness (QED) is 0.240. The molecule has 12 heteroatoms. The Balaban J connectivity index is 1.48. The molecule has 0 radical (unpaired) electrons. The molecule has 180 valence electrons. The molecule has 0 saturated carbocycles. The maximum atomic E-state index is 11.7. The molecule has 2 amide bonds. The van der Waals surface area contributed by atoms with Crippen molar-refractivity contribution in [2.24, 2.45) is 0 Å². The van der Waals surface area contributed by atoms with Crippen molar-refractivity contribution in [1.29, 1.82) is 0 Å². The normalized spacial score (nSPS) is 17.6. The Hall–Kier alpha value is -2.54. The van der Waals surface area contributed by atoms with E-state index in [0.29, 0.717) is 52.6 Å². The van der Waals surface area contributed by atoms with Crippen molar-refractivity contribution in [3.8, 4) is 0 Å². The second kappa shape index (κ2) is 15.3. The van der Waals surface area contributed by atoms with Gasteiger partial charge in [0.25, 0.3) is 11.8 Å². The summed E-state index contributed by atoms with van der Waals surface area (Å²) in [6, 6.07) is 0. The minimum atomic E-state index is -0.861. The number of amides is 2. The molecule has 0 spiro atoms. The van der Waals surface area contributed by atoms with E-state index in [1.807, 2.05) is 0 Å². The number of hydrogen-bond acceptors (Lipinski definition) is 10. The van der Waals surface area contributed by atoms with Crippen LogP contribution in [-0.2, 0) is 38.1 Å². The van der Waals surface area contributed by atoms with Crippen molar-refractivity contribution < 1.29 is 38.1 Å². The van der Waals surface area contributed by atoms with E-state index in [4.69, 9.17) is 18.9 Å². The lowest BCUT2D eigenvalue weighted by molar-refractivity contribution is -0.145. The van der Waals surface area contributed by atoms with Crippen LogP contribution in [0.25, 0.3) is 0 Å². The zero-order valence-corrected chi connectivity index (χ0v) is 18.2. The van der Waals surface area contributed by atoms with Gasteiger partial charge in [0.1, 0.15) is 0 Å². The number of nitrogens with zero attached hydrogens (tertiary/aromatic N) is 2. The van der Waals surface area contributed by atoms with Crippen LogP contribution < -0.4 is 10.6 Å². The van der Waals surface area contributed by atoms with Gasteiger partial charge in [-0.05, 0) is 0 Å². The lowest BCUT2D eigenvalue weighted by Crippen LogP contribution is -2.42. The Morgan fingerprint density at radius 1 is 0.688 bits per heavy atom. The maximum absolute atomic E-state index is 11.7. The molecule has 0 aromatic carbocycles. The zero-order chi connectivity index (χ0) is 23.0. The lowest BCUT2D eigenvalue weighted by atomic mass is 10.4. The number of nitrogens with one attached hydrogen (secondary N) is 2. The maximum Gasteiger partial charge on any atom is 0.331 e. The van der Waals surface area contributed by atoms with Gasteiger partial charge in [-0.25, -0.2) is 9.59 Å². The van der Waals surface area contributed by atoms with E-state index in [9.17, 15) is 19.2 Å². The summed E-state index contributed by atoms with van der Waals surface area (Å²) in [4.78, 5) is 50.9. The van der Waals surface area contributed by atoms with Crippen LogP contribution in [0.4, 0.5) is 0 Å². The Kier molecular flexibility index (Phi) is 12.3. The molecule has 0 atom stereocenters. The molecule has 0 aromatic heterocycles. The monoisotopic (exact) mass is 456 g/mol. The second-order valence-electron chi connectivity index (χ2n) is 7.16. The predicted octanol–water partition coefficient (Wildman–Crippen LogP) is -2.47. The highest BCUT2D eigenvalue weighted by Gasteiger charge is 2.12. The van der Waals surface area contributed by atoms with Gasteiger partial charge in [-0.3, -0.25) is 19.4 Å². The van der Waals surface area contributed by atoms with E-state index in [-0.39, 0.29) is 0 Å². The second-order valence-corrected chi connectivity index (χ2v) is 7.16. The molecule has 2 saturated heterocycles. The fourth-order valence-corrected chi connectivity index (χ4v) is 2.96. The van der Waals surface area contributed by atoms with Crippen molar-refractivity contribution >= 4 is 23.8 Å². The van der Waals surface area contributed by atoms with Crippen molar-refractivity contribution in [3.05, 3.63) is 12.2 Å². The van der Waals surface area contributed by atoms with Crippen LogP contribution in [-0.4, -0.2) is 126 Å². The Bertz CT molecular complexity index is 592. The summed E-state index contributed by atoms with van der Waals surface area (Å²) in [5.41, 5.74) is 0. The van der Waals surface area contributed by atoms with Crippen molar-refractivity contribution in [2.75, 3.05) is 92.0 Å². The van der Waals surface area contributed by atoms with Gasteiger partial charge in [-0.2, -0.15) is 0 Å². The number of hydrogen-bond donors (Lipinski definition) is 2. The molecular weight excluding hydrogens is 424 g/mol. The number of morpholine rings is 2. The molecule has 2 N–H and O–H groups in total. The highest BCUT2D eigenvalue weighted by atomic mass is 16.5. The number of carbonyl (C=O) groups is 4. The highest BCUT2D eigenvalue weighted by Crippen LogP contribution is 1.95. The molecule has 12 nitrogen and oxygen atoms in total. The molecule has 2 aliphatic rings. The number of carbonyl (C=O) groups excluding carboxylic acids is 4. The third-order valence-corrected chi connectivity index (χ3v) is 4.75. The van der Waals surface area contributed by atoms with Crippen LogP contribution in [0.3, 0.4) is 0 Å². The summed E-state index contributed by atoms with van der Waals surface area (Å²) in [5.74, 6) is -2.59. The first-order valence-electron chi connectivity index (χ1n) is 10.7. The molecule has 2 heterocycles. The van der Waals surface area contributed by atoms with E-state index in [2.05, 4.69) is 20.4 Å². The first kappa shape index (κ1) is 25.7. The van der Waals surface area contributed by atoms with Crippen LogP contribution in [0, 0.1) is 0 Å². The van der Waals surface area contributed by atoms with Gasteiger partial charge in [0, 0.05) is 64.5 Å². The molecule has 2 aliphatic heterocycles. The summed E-state index contributed by atoms with van der Waals surface area (Å²) in [7, 11) is 0. The smallest absolute Gasteiger partial charge is 0.331 e. The van der Waals surface area contributed by atoms with Crippen LogP contribution in [0.15, 0.2) is 12.2 Å². The first-order valence-corrected chi connectivity index (χ1v) is 10.7. The van der Waals surface area contributed by atoms with Crippen molar-refractivity contribution in [2.45, 2.75) is 0 Å². The third kappa shape index (κ3) is 11.7. The van der Waals surface area contributed by atoms with Crippen LogP contribution in [0.5, 0.6) is 0 Å². The Morgan fingerprint density at radius 3 is 1.44 bits per heavy atom. The van der Waals surface area contributed by atoms with E-state index in [1.165, 1.54) is 0 Å². The minimum Gasteiger partial charge on any atom is -0.452 e. The Labute approximate surface area is 187 Å². The third-order valence-electron chi connectivity index (χ3n) is 4.75. The van der Waals surface area contributed by atoms with Crippen molar-refractivity contribution in [3.63, 3.8) is 0 Å². The van der Waals surface area contributed by atoms with E-state index >= 15 is 0 Å². The van der Waals surface area contributed by atoms with E-state index < -0.39 is 37.0 Å². The zero-order valence-electron chi connectivity index (χ0n) is 18.2. The van der Waals surface area contributed by atoms with Gasteiger partial charge in [-0.15, -0.1) is 0 Å². The summed E-state index contributed by atoms with van der Waals surface area (Å²) in [6.07, 6.45) is 1.69. The Morgan fingerprint density at radius 2 is 1.06 bits per heavy atom. The van der Waals surface area contributed by atoms with Gasteiger partial charge in [0.15, 0.2) is 13.2 Å². The molecule has 32 heavy (non-hydrogen) atoms. The number of esters is 2. The van der Waals surface area contributed by atoms with Gasteiger partial charge in [0.05, 0.1) is 26.4 Å². The average molecular weight is 456 g/mol. The van der Waals surface area contributed by atoms with E-state index in [0.717, 1.165) is 38.3 Å². The fourth-order valence-electron chi connectivity index (χ4n) is 2.96. The molecule has 2 rings (SSSR count). The summed E-state index contributed by atoms with van der Waals surface area (Å²) in [5, 5.41) is 5.31. The van der Waals surface area contributed by atoms with Crippen LogP contribution in [0.1, 0.15) is 0 Å². The van der Waals surface area contributed by atoms with Crippen LogP contribution >= 0.6 is 0 Å². The topological polar surface area (TPSA) is 136 Å². The molecular formula is C20H32N4O8. The highest BCUT2D eigenvalue weighted by molar-refractivity contribution is 5.93. The van der Waals surface area contributed by atoms with Gasteiger partial charge < -0.3 is 29.6 Å². The number of ether oxygens (including phenoxy) is 4. The van der Waals surface area contributed by atoms with E-state index in [1.54, 1.807) is 0 Å². The molecule has 0 bridgehead atoms. The number of rotatable bonds is 12. The predicted molar refractivity (Wildman–Crippen MR) is 112 cm³/mol. The standard InChI is InChI=1S/C20H32N4O8/c25-17(21-3-5-23-7-11-29-12-8-23)15-31-19(27)1-2-20(28)32-16-18(26)22-4-6-24-9-13-30-14-10-24/h1-2H,3-16H2,(H,21,25)(H,22,26)/b2-1+. The van der Waals surface area contributed by atoms with Gasteiger partial charge in [-0.1, -0.05) is 0 Å². The lowest BCUT2D eigenvalue weighted by Gasteiger charge is -2.26. The molecule has 2 fully saturated rings. The molecule has 0 aliphatic carbocycles. The van der Waals surface area contributed by atoms with Crippen molar-refractivity contribution in [1.82, 2.24) is 20.4 Å². The summed E-state index contributed by atoms with van der Waals surface area (Å²) in [6.45, 7) is 7.36. The molecule has 0 unspecified atom stereocenters. The molecule has 0 aromatic rings. The fraction of sp³-hybridized carbons (Fsp3) is 0.700. The summed E-state index contributed by atoms with van der Waals surface area (Å²) < 4.78 is 20.0. The minimum absolute atomic E-state index is 0.434. The van der Waals surface area contributed by atoms with Gasteiger partial charge >= 0.3 is 11.9 Å². The van der Waals surface area contributed by atoms with Crippen LogP contribution in [0.2, 0.25) is 0 Å². The van der Waals surface area contributed by atoms with Gasteiger partial charge in [0.2, 0.25) is 0 Å². The summed E-state index contributed by atoms with van der Waals surface area (Å²) >= 11 is 0. The first-order chi connectivity index (χ1) is 15.5. The largest absolute Gasteiger partial charge is 0.452 e. The SMILES string of the molecule is O=C(COC(=O)/C=C/C(=O)OCC(=O)NCCN1CCOCC1)NCCN1CCOCC1.